The second kappa shape index (κ2) is 3.66. The molecule has 1 amide bonds. The van der Waals surface area contributed by atoms with Gasteiger partial charge in [-0.3, -0.25) is 4.79 Å². The lowest BCUT2D eigenvalue weighted by molar-refractivity contribution is -0.131. The average molecular weight is 183 g/mol. The number of nitrogens with zero attached hydrogens (tertiary/aromatic N) is 1. The smallest absolute Gasteiger partial charge is 0.223 e. The Morgan fingerprint density at radius 3 is 2.62 bits per heavy atom. The predicted molar refractivity (Wildman–Crippen MR) is 49.3 cm³/mol. The summed E-state index contributed by atoms with van der Waals surface area (Å²) in [6, 6.07) is 0.464. The Morgan fingerprint density at radius 2 is 2.08 bits per heavy atom. The molecule has 2 rings (SSSR count). The number of carbonyl (C=O) groups excluding carboxylic acids is 1. The minimum absolute atomic E-state index is 0.347. The van der Waals surface area contributed by atoms with Crippen molar-refractivity contribution in [3.05, 3.63) is 0 Å². The third-order valence-electron chi connectivity index (χ3n) is 2.98. The first-order chi connectivity index (χ1) is 6.27. The minimum Gasteiger partial charge on any atom is -0.381 e. The predicted octanol–water partition coefficient (Wildman–Crippen LogP) is 1.03. The van der Waals surface area contributed by atoms with E-state index in [1.54, 1.807) is 0 Å². The van der Waals surface area contributed by atoms with E-state index in [4.69, 9.17) is 4.74 Å². The van der Waals surface area contributed by atoms with Crippen molar-refractivity contribution in [2.75, 3.05) is 19.8 Å². The van der Waals surface area contributed by atoms with Crippen LogP contribution in [0.2, 0.25) is 0 Å². The van der Waals surface area contributed by atoms with E-state index in [2.05, 4.69) is 11.8 Å². The van der Waals surface area contributed by atoms with E-state index >= 15 is 0 Å². The van der Waals surface area contributed by atoms with Crippen LogP contribution >= 0.6 is 0 Å². The average Bonchev–Trinajstić information content (AvgIpc) is 2.47. The lowest BCUT2D eigenvalue weighted by Gasteiger charge is -2.31. The Hall–Kier alpha value is -0.570. The van der Waals surface area contributed by atoms with Gasteiger partial charge < -0.3 is 9.64 Å². The molecule has 0 radical (unpaired) electrons. The van der Waals surface area contributed by atoms with Crippen LogP contribution in [0.5, 0.6) is 0 Å². The fourth-order valence-electron chi connectivity index (χ4n) is 2.27. The molecule has 0 saturated carbocycles. The van der Waals surface area contributed by atoms with Gasteiger partial charge in [0.1, 0.15) is 0 Å². The second-order valence-corrected chi connectivity index (χ2v) is 4.20. The van der Waals surface area contributed by atoms with E-state index in [0.29, 0.717) is 17.9 Å². The third kappa shape index (κ3) is 1.85. The summed E-state index contributed by atoms with van der Waals surface area (Å²) >= 11 is 0. The van der Waals surface area contributed by atoms with E-state index in [-0.39, 0.29) is 0 Å². The van der Waals surface area contributed by atoms with Gasteiger partial charge in [-0.2, -0.15) is 0 Å². The van der Waals surface area contributed by atoms with Crippen molar-refractivity contribution >= 4 is 5.91 Å². The van der Waals surface area contributed by atoms with Crippen LogP contribution in [-0.2, 0) is 9.53 Å². The van der Waals surface area contributed by atoms with E-state index in [9.17, 15) is 4.79 Å². The number of rotatable bonds is 1. The van der Waals surface area contributed by atoms with Gasteiger partial charge >= 0.3 is 0 Å². The Labute approximate surface area is 79.0 Å². The molecule has 0 aromatic heterocycles. The number of likely N-dealkylation sites (tertiary alicyclic amines) is 1. The SMILES string of the molecule is C[C@@H]1CC(=O)N(C2CCOCC2)C1. The van der Waals surface area contributed by atoms with Crippen molar-refractivity contribution in [2.45, 2.75) is 32.2 Å². The highest BCUT2D eigenvalue weighted by Crippen LogP contribution is 2.24. The van der Waals surface area contributed by atoms with Gasteiger partial charge in [0.2, 0.25) is 5.91 Å². The largest absolute Gasteiger partial charge is 0.381 e. The summed E-state index contributed by atoms with van der Waals surface area (Å²) in [4.78, 5) is 13.6. The standard InChI is InChI=1S/C10H17NO2/c1-8-6-10(12)11(7-8)9-2-4-13-5-3-9/h8-9H,2-7H2,1H3/t8-/m1/s1. The first kappa shape index (κ1) is 9.00. The maximum absolute atomic E-state index is 11.6. The van der Waals surface area contributed by atoms with Crippen LogP contribution in [0.3, 0.4) is 0 Å². The summed E-state index contributed by atoms with van der Waals surface area (Å²) < 4.78 is 5.28. The van der Waals surface area contributed by atoms with Crippen molar-refractivity contribution < 1.29 is 9.53 Å². The summed E-state index contributed by atoms with van der Waals surface area (Å²) in [5.41, 5.74) is 0. The molecule has 0 aromatic carbocycles. The molecule has 74 valence electrons. The van der Waals surface area contributed by atoms with Gasteiger partial charge in [-0.25, -0.2) is 0 Å². The van der Waals surface area contributed by atoms with Gasteiger partial charge in [0.15, 0.2) is 0 Å². The molecule has 3 nitrogen and oxygen atoms in total. The van der Waals surface area contributed by atoms with Gasteiger partial charge in [-0.15, -0.1) is 0 Å². The molecule has 1 atom stereocenters. The highest BCUT2D eigenvalue weighted by atomic mass is 16.5. The van der Waals surface area contributed by atoms with Crippen molar-refractivity contribution in [1.29, 1.82) is 0 Å². The molecule has 0 aliphatic carbocycles. The molecule has 0 unspecified atom stereocenters. The van der Waals surface area contributed by atoms with Crippen molar-refractivity contribution in [3.63, 3.8) is 0 Å². The van der Waals surface area contributed by atoms with Gasteiger partial charge in [-0.1, -0.05) is 6.92 Å². The van der Waals surface area contributed by atoms with Crippen molar-refractivity contribution in [3.8, 4) is 0 Å². The third-order valence-corrected chi connectivity index (χ3v) is 2.98. The number of carbonyl (C=O) groups is 1. The molecule has 3 heteroatoms. The van der Waals surface area contributed by atoms with E-state index in [0.717, 1.165) is 39.0 Å². The number of hydrogen-bond donors (Lipinski definition) is 0. The van der Waals surface area contributed by atoms with Gasteiger partial charge in [0.25, 0.3) is 0 Å². The summed E-state index contributed by atoms with van der Waals surface area (Å²) in [5.74, 6) is 0.898. The zero-order valence-corrected chi connectivity index (χ0v) is 8.16. The topological polar surface area (TPSA) is 29.5 Å². The first-order valence-electron chi connectivity index (χ1n) is 5.14. The zero-order valence-electron chi connectivity index (χ0n) is 8.16. The van der Waals surface area contributed by atoms with Crippen LogP contribution in [0, 0.1) is 5.92 Å². The van der Waals surface area contributed by atoms with Crippen molar-refractivity contribution in [1.82, 2.24) is 4.90 Å². The summed E-state index contributed by atoms with van der Waals surface area (Å²) in [6.45, 7) is 4.76. The van der Waals surface area contributed by atoms with Crippen LogP contribution < -0.4 is 0 Å². The van der Waals surface area contributed by atoms with E-state index < -0.39 is 0 Å². The lowest BCUT2D eigenvalue weighted by atomic mass is 10.1. The molecule has 0 spiro atoms. The summed E-state index contributed by atoms with van der Waals surface area (Å²) in [5, 5.41) is 0. The molecule has 2 aliphatic heterocycles. The van der Waals surface area contributed by atoms with Crippen LogP contribution in [0.4, 0.5) is 0 Å². The molecule has 2 saturated heterocycles. The quantitative estimate of drug-likeness (QED) is 0.607. The van der Waals surface area contributed by atoms with E-state index in [1.165, 1.54) is 0 Å². The van der Waals surface area contributed by atoms with Gasteiger partial charge in [-0.05, 0) is 18.8 Å². The fourth-order valence-corrected chi connectivity index (χ4v) is 2.27. The normalized spacial score (nSPS) is 31.3. The number of hydrogen-bond acceptors (Lipinski definition) is 2. The maximum atomic E-state index is 11.6. The number of amides is 1. The molecule has 0 bridgehead atoms. The summed E-state index contributed by atoms with van der Waals surface area (Å²) in [6.07, 6.45) is 2.80. The van der Waals surface area contributed by atoms with E-state index in [1.807, 2.05) is 0 Å². The Bertz CT molecular complexity index is 199. The van der Waals surface area contributed by atoms with Gasteiger partial charge in [0.05, 0.1) is 0 Å². The Morgan fingerprint density at radius 1 is 1.38 bits per heavy atom. The minimum atomic E-state index is 0.347. The van der Waals surface area contributed by atoms with Crippen LogP contribution in [-0.4, -0.2) is 36.6 Å². The van der Waals surface area contributed by atoms with Crippen LogP contribution in [0.15, 0.2) is 0 Å². The second-order valence-electron chi connectivity index (χ2n) is 4.20. The fraction of sp³-hybridized carbons (Fsp3) is 0.900. The maximum Gasteiger partial charge on any atom is 0.223 e. The first-order valence-corrected chi connectivity index (χ1v) is 5.14. The molecule has 2 aliphatic rings. The molecule has 0 N–H and O–H groups in total. The van der Waals surface area contributed by atoms with Crippen LogP contribution in [0.1, 0.15) is 26.2 Å². The Kier molecular flexibility index (Phi) is 2.54. The zero-order chi connectivity index (χ0) is 9.26. The summed E-state index contributed by atoms with van der Waals surface area (Å²) in [7, 11) is 0. The molecule has 13 heavy (non-hydrogen) atoms. The molecular formula is C10H17NO2. The highest BCUT2D eigenvalue weighted by Gasteiger charge is 2.32. The van der Waals surface area contributed by atoms with Crippen LogP contribution in [0.25, 0.3) is 0 Å². The molecule has 2 fully saturated rings. The number of ether oxygens (including phenoxy) is 1. The van der Waals surface area contributed by atoms with Crippen molar-refractivity contribution in [2.24, 2.45) is 5.92 Å². The Balaban J connectivity index is 1.95. The molecule has 2 heterocycles. The highest BCUT2D eigenvalue weighted by molar-refractivity contribution is 5.78. The lowest BCUT2D eigenvalue weighted by Crippen LogP contribution is -2.40. The van der Waals surface area contributed by atoms with Gasteiger partial charge in [0, 0.05) is 32.2 Å². The monoisotopic (exact) mass is 183 g/mol. The molecule has 0 aromatic rings. The molecular weight excluding hydrogens is 166 g/mol.